The summed E-state index contributed by atoms with van der Waals surface area (Å²) in [5.41, 5.74) is 1.13. The Hall–Kier alpha value is -1.95. The predicted molar refractivity (Wildman–Crippen MR) is 79.7 cm³/mol. The summed E-state index contributed by atoms with van der Waals surface area (Å²) in [5, 5.41) is 2.53. The first kappa shape index (κ1) is 15.0. The normalized spacial score (nSPS) is 22.4. The zero-order chi connectivity index (χ0) is 15.5. The van der Waals surface area contributed by atoms with Crippen LogP contribution in [0, 0.1) is 5.82 Å². The van der Waals surface area contributed by atoms with Crippen LogP contribution in [-0.4, -0.2) is 47.9 Å². The number of carbonyl (C=O) groups is 2. The van der Waals surface area contributed by atoms with Crippen molar-refractivity contribution in [2.45, 2.75) is 25.3 Å². The van der Waals surface area contributed by atoms with Gasteiger partial charge in [-0.05, 0) is 43.5 Å². The number of urea groups is 1. The minimum atomic E-state index is -0.290. The van der Waals surface area contributed by atoms with E-state index in [2.05, 4.69) is 10.2 Å². The molecular weight excluding hydrogens is 285 g/mol. The first-order valence-electron chi connectivity index (χ1n) is 7.73. The standard InChI is InChI=1S/C16H20FN3O2/c17-13-6-4-12(5-7-13)14-3-1-8-19(14)9-2-10-20-15(21)11-18-16(20)22/h4-7,14H,1-3,8-11H2,(H,18,22). The molecular formula is C16H20FN3O2. The monoisotopic (exact) mass is 305 g/mol. The van der Waals surface area contributed by atoms with E-state index in [9.17, 15) is 14.0 Å². The van der Waals surface area contributed by atoms with Crippen molar-refractivity contribution in [3.8, 4) is 0 Å². The van der Waals surface area contributed by atoms with Crippen LogP contribution in [-0.2, 0) is 4.79 Å². The highest BCUT2D eigenvalue weighted by atomic mass is 19.1. The lowest BCUT2D eigenvalue weighted by Gasteiger charge is -2.25. The first-order chi connectivity index (χ1) is 10.6. The fourth-order valence-electron chi connectivity index (χ4n) is 3.27. The molecule has 1 aromatic carbocycles. The van der Waals surface area contributed by atoms with Gasteiger partial charge in [0, 0.05) is 19.1 Å². The number of halogens is 1. The van der Waals surface area contributed by atoms with E-state index in [0.29, 0.717) is 12.6 Å². The molecule has 2 fully saturated rings. The van der Waals surface area contributed by atoms with Gasteiger partial charge in [0.2, 0.25) is 5.91 Å². The molecule has 3 amide bonds. The molecule has 2 aliphatic heterocycles. The van der Waals surface area contributed by atoms with E-state index in [1.54, 1.807) is 0 Å². The van der Waals surface area contributed by atoms with E-state index in [4.69, 9.17) is 0 Å². The molecule has 0 saturated carbocycles. The molecule has 2 heterocycles. The number of hydrogen-bond donors (Lipinski definition) is 1. The number of hydrogen-bond acceptors (Lipinski definition) is 3. The average molecular weight is 305 g/mol. The molecule has 1 N–H and O–H groups in total. The number of likely N-dealkylation sites (tertiary alicyclic amines) is 1. The summed E-state index contributed by atoms with van der Waals surface area (Å²) in [7, 11) is 0. The van der Waals surface area contributed by atoms with Crippen LogP contribution in [0.3, 0.4) is 0 Å². The number of nitrogens with one attached hydrogen (secondary N) is 1. The summed E-state index contributed by atoms with van der Waals surface area (Å²) in [6.45, 7) is 2.40. The van der Waals surface area contributed by atoms with Crippen LogP contribution >= 0.6 is 0 Å². The summed E-state index contributed by atoms with van der Waals surface area (Å²) in [6, 6.07) is 6.70. The number of nitrogens with zero attached hydrogens (tertiary/aromatic N) is 2. The van der Waals surface area contributed by atoms with E-state index >= 15 is 0 Å². The molecule has 0 radical (unpaired) electrons. The van der Waals surface area contributed by atoms with Gasteiger partial charge in [-0.3, -0.25) is 14.6 Å². The lowest BCUT2D eigenvalue weighted by Crippen LogP contribution is -2.34. The second kappa shape index (κ2) is 6.44. The van der Waals surface area contributed by atoms with Gasteiger partial charge in [-0.25, -0.2) is 9.18 Å². The lowest BCUT2D eigenvalue weighted by molar-refractivity contribution is -0.125. The summed E-state index contributed by atoms with van der Waals surface area (Å²) >= 11 is 0. The predicted octanol–water partition coefficient (Wildman–Crippen LogP) is 1.90. The molecule has 2 saturated heterocycles. The van der Waals surface area contributed by atoms with Gasteiger partial charge in [-0.15, -0.1) is 0 Å². The maximum Gasteiger partial charge on any atom is 0.324 e. The van der Waals surface area contributed by atoms with Crippen LogP contribution in [0.15, 0.2) is 24.3 Å². The molecule has 6 heteroatoms. The number of imide groups is 1. The topological polar surface area (TPSA) is 52.7 Å². The second-order valence-electron chi connectivity index (χ2n) is 5.80. The zero-order valence-corrected chi connectivity index (χ0v) is 12.4. The Morgan fingerprint density at radius 1 is 1.18 bits per heavy atom. The molecule has 0 aliphatic carbocycles. The van der Waals surface area contributed by atoms with Gasteiger partial charge >= 0.3 is 6.03 Å². The van der Waals surface area contributed by atoms with Gasteiger partial charge in [-0.1, -0.05) is 12.1 Å². The van der Waals surface area contributed by atoms with Gasteiger partial charge in [-0.2, -0.15) is 0 Å². The van der Waals surface area contributed by atoms with Gasteiger partial charge in [0.25, 0.3) is 0 Å². The Morgan fingerprint density at radius 2 is 1.95 bits per heavy atom. The second-order valence-corrected chi connectivity index (χ2v) is 5.80. The fraction of sp³-hybridized carbons (Fsp3) is 0.500. The summed E-state index contributed by atoms with van der Waals surface area (Å²) in [4.78, 5) is 26.6. The molecule has 1 atom stereocenters. The van der Waals surface area contributed by atoms with E-state index in [0.717, 1.165) is 37.9 Å². The van der Waals surface area contributed by atoms with Crippen molar-refractivity contribution in [1.82, 2.24) is 15.1 Å². The van der Waals surface area contributed by atoms with Gasteiger partial charge in [0.1, 0.15) is 5.82 Å². The summed E-state index contributed by atoms with van der Waals surface area (Å²) < 4.78 is 13.0. The SMILES string of the molecule is O=C1CNC(=O)N1CCCN1CCCC1c1ccc(F)cc1. The summed E-state index contributed by atoms with van der Waals surface area (Å²) in [6.07, 6.45) is 2.94. The van der Waals surface area contributed by atoms with Crippen LogP contribution in [0.1, 0.15) is 30.9 Å². The maximum absolute atomic E-state index is 13.0. The Labute approximate surface area is 129 Å². The molecule has 0 bridgehead atoms. The fourth-order valence-corrected chi connectivity index (χ4v) is 3.27. The van der Waals surface area contributed by atoms with Crippen molar-refractivity contribution >= 4 is 11.9 Å². The van der Waals surface area contributed by atoms with Crippen molar-refractivity contribution in [2.24, 2.45) is 0 Å². The van der Waals surface area contributed by atoms with E-state index < -0.39 is 0 Å². The molecule has 0 spiro atoms. The number of carbonyl (C=O) groups excluding carboxylic acids is 2. The molecule has 22 heavy (non-hydrogen) atoms. The third kappa shape index (κ3) is 3.11. The van der Waals surface area contributed by atoms with Crippen LogP contribution in [0.25, 0.3) is 0 Å². The third-order valence-electron chi connectivity index (χ3n) is 4.38. The molecule has 1 unspecified atom stereocenters. The first-order valence-corrected chi connectivity index (χ1v) is 7.73. The third-order valence-corrected chi connectivity index (χ3v) is 4.38. The van der Waals surface area contributed by atoms with E-state index in [-0.39, 0.29) is 24.3 Å². The van der Waals surface area contributed by atoms with Crippen LogP contribution in [0.4, 0.5) is 9.18 Å². The van der Waals surface area contributed by atoms with E-state index in [1.807, 2.05) is 12.1 Å². The Balaban J connectivity index is 1.54. The molecule has 118 valence electrons. The minimum Gasteiger partial charge on any atom is -0.329 e. The summed E-state index contributed by atoms with van der Waals surface area (Å²) in [5.74, 6) is -0.367. The zero-order valence-electron chi connectivity index (χ0n) is 12.4. The largest absolute Gasteiger partial charge is 0.329 e. The van der Waals surface area contributed by atoms with Crippen molar-refractivity contribution < 1.29 is 14.0 Å². The van der Waals surface area contributed by atoms with Crippen LogP contribution < -0.4 is 5.32 Å². The minimum absolute atomic E-state index is 0.112. The van der Waals surface area contributed by atoms with Gasteiger partial charge < -0.3 is 5.32 Å². The smallest absolute Gasteiger partial charge is 0.324 e. The number of benzene rings is 1. The average Bonchev–Trinajstić information content (AvgIpc) is 3.09. The lowest BCUT2D eigenvalue weighted by atomic mass is 10.0. The quantitative estimate of drug-likeness (QED) is 0.845. The number of amides is 3. The molecule has 2 aliphatic rings. The highest BCUT2D eigenvalue weighted by Crippen LogP contribution is 2.31. The maximum atomic E-state index is 13.0. The van der Waals surface area contributed by atoms with Crippen LogP contribution in [0.5, 0.6) is 0 Å². The van der Waals surface area contributed by atoms with Crippen molar-refractivity contribution in [2.75, 3.05) is 26.2 Å². The molecule has 0 aromatic heterocycles. The van der Waals surface area contributed by atoms with Crippen molar-refractivity contribution in [1.29, 1.82) is 0 Å². The van der Waals surface area contributed by atoms with Gasteiger partial charge in [0.05, 0.1) is 6.54 Å². The highest BCUT2D eigenvalue weighted by Gasteiger charge is 2.29. The van der Waals surface area contributed by atoms with Gasteiger partial charge in [0.15, 0.2) is 0 Å². The van der Waals surface area contributed by atoms with E-state index in [1.165, 1.54) is 17.0 Å². The Bertz CT molecular complexity index is 545. The Kier molecular flexibility index (Phi) is 4.38. The number of rotatable bonds is 5. The van der Waals surface area contributed by atoms with Crippen LogP contribution in [0.2, 0.25) is 0 Å². The molecule has 5 nitrogen and oxygen atoms in total. The Morgan fingerprint density at radius 3 is 2.64 bits per heavy atom. The van der Waals surface area contributed by atoms with Crippen molar-refractivity contribution in [3.05, 3.63) is 35.6 Å². The molecule has 3 rings (SSSR count). The highest BCUT2D eigenvalue weighted by molar-refractivity contribution is 6.01. The molecule has 1 aromatic rings. The van der Waals surface area contributed by atoms with Crippen molar-refractivity contribution in [3.63, 3.8) is 0 Å².